The summed E-state index contributed by atoms with van der Waals surface area (Å²) in [5, 5.41) is 8.62. The van der Waals surface area contributed by atoms with Crippen molar-refractivity contribution in [3.8, 4) is 0 Å². The van der Waals surface area contributed by atoms with Gasteiger partial charge in [-0.1, -0.05) is 0 Å². The van der Waals surface area contributed by atoms with Crippen LogP contribution in [0.1, 0.15) is 12.8 Å². The summed E-state index contributed by atoms with van der Waals surface area (Å²) >= 11 is 0. The molecule has 0 aliphatic carbocycles. The van der Waals surface area contributed by atoms with Crippen LogP contribution in [0.5, 0.6) is 0 Å². The molecule has 0 aromatic heterocycles. The molecule has 0 bridgehead atoms. The largest absolute Gasteiger partial charge is 0.481 e. The van der Waals surface area contributed by atoms with Crippen LogP contribution in [0.15, 0.2) is 18.2 Å². The van der Waals surface area contributed by atoms with Gasteiger partial charge < -0.3 is 14.9 Å². The maximum atomic E-state index is 13.3. The highest BCUT2D eigenvalue weighted by Gasteiger charge is 2.39. The monoisotopic (exact) mass is 326 g/mol. The van der Waals surface area contributed by atoms with E-state index in [1.165, 1.54) is 22.9 Å². The van der Waals surface area contributed by atoms with Gasteiger partial charge in [-0.15, -0.1) is 0 Å². The molecule has 1 aromatic carbocycles. The summed E-state index contributed by atoms with van der Waals surface area (Å²) in [6.07, 6.45) is 0.0319. The molecule has 1 N–H and O–H groups in total. The van der Waals surface area contributed by atoms with E-state index in [0.717, 1.165) is 12.1 Å². The molecular formula is C15H16F2N2O4. The molecule has 2 amide bonds. The van der Waals surface area contributed by atoms with E-state index >= 15 is 0 Å². The zero-order valence-electron chi connectivity index (χ0n) is 12.5. The lowest BCUT2D eigenvalue weighted by Crippen LogP contribution is -2.39. The Bertz CT molecular complexity index is 650. The van der Waals surface area contributed by atoms with E-state index in [4.69, 9.17) is 5.11 Å². The first-order chi connectivity index (χ1) is 10.8. The van der Waals surface area contributed by atoms with Crippen molar-refractivity contribution in [3.63, 3.8) is 0 Å². The van der Waals surface area contributed by atoms with Crippen molar-refractivity contribution in [2.24, 2.45) is 5.92 Å². The van der Waals surface area contributed by atoms with Gasteiger partial charge in [0.05, 0.1) is 6.42 Å². The normalized spacial score (nSPS) is 17.4. The highest BCUT2D eigenvalue weighted by molar-refractivity contribution is 6.09. The molecule has 2 rings (SSSR count). The van der Waals surface area contributed by atoms with Crippen LogP contribution >= 0.6 is 0 Å². The quantitative estimate of drug-likeness (QED) is 0.826. The Hall–Kier alpha value is -2.51. The van der Waals surface area contributed by atoms with Gasteiger partial charge in [-0.2, -0.15) is 0 Å². The van der Waals surface area contributed by atoms with Gasteiger partial charge in [0.2, 0.25) is 11.8 Å². The zero-order chi connectivity index (χ0) is 17.1. The number of amides is 2. The minimum atomic E-state index is -1.07. The molecule has 124 valence electrons. The molecule has 1 unspecified atom stereocenters. The second kappa shape index (κ2) is 6.72. The predicted octanol–water partition coefficient (Wildman–Crippen LogP) is 1.25. The van der Waals surface area contributed by atoms with Crippen molar-refractivity contribution < 1.29 is 28.3 Å². The van der Waals surface area contributed by atoms with Gasteiger partial charge in [-0.25, -0.2) is 8.78 Å². The van der Waals surface area contributed by atoms with Gasteiger partial charge in [0.25, 0.3) is 0 Å². The van der Waals surface area contributed by atoms with Crippen molar-refractivity contribution in [1.29, 1.82) is 0 Å². The van der Waals surface area contributed by atoms with Crippen LogP contribution in [0.25, 0.3) is 0 Å². The van der Waals surface area contributed by atoms with Gasteiger partial charge in [0.15, 0.2) is 11.6 Å². The number of hydrogen-bond acceptors (Lipinski definition) is 3. The number of carboxylic acid groups (broad SMARTS) is 1. The number of aliphatic carboxylic acids is 1. The summed E-state index contributed by atoms with van der Waals surface area (Å²) in [5.41, 5.74) is 0.192. The van der Waals surface area contributed by atoms with E-state index in [1.54, 1.807) is 0 Å². The Kier molecular flexibility index (Phi) is 4.92. The number of anilines is 1. The van der Waals surface area contributed by atoms with E-state index in [1.807, 2.05) is 0 Å². The molecule has 0 saturated carbocycles. The average molecular weight is 326 g/mol. The third-order valence-electron chi connectivity index (χ3n) is 3.76. The zero-order valence-corrected chi connectivity index (χ0v) is 12.5. The number of carboxylic acids is 1. The fraction of sp³-hybridized carbons (Fsp3) is 0.400. The Morgan fingerprint density at radius 1 is 1.35 bits per heavy atom. The molecule has 8 heteroatoms. The van der Waals surface area contributed by atoms with Crippen LogP contribution in [0, 0.1) is 17.6 Å². The molecule has 1 aliphatic rings. The van der Waals surface area contributed by atoms with E-state index in [2.05, 4.69) is 0 Å². The topological polar surface area (TPSA) is 77.9 Å². The molecule has 23 heavy (non-hydrogen) atoms. The summed E-state index contributed by atoms with van der Waals surface area (Å²) in [7, 11) is 1.43. The molecule has 0 spiro atoms. The Balaban J connectivity index is 2.07. The fourth-order valence-corrected chi connectivity index (χ4v) is 2.46. The third kappa shape index (κ3) is 3.64. The maximum Gasteiger partial charge on any atom is 0.305 e. The molecule has 1 heterocycles. The average Bonchev–Trinajstić information content (AvgIpc) is 2.88. The first-order valence-electron chi connectivity index (χ1n) is 7.04. The van der Waals surface area contributed by atoms with Crippen molar-refractivity contribution in [2.45, 2.75) is 12.8 Å². The Morgan fingerprint density at radius 3 is 2.65 bits per heavy atom. The first-order valence-corrected chi connectivity index (χ1v) is 7.04. The van der Waals surface area contributed by atoms with Gasteiger partial charge in [-0.05, 0) is 18.6 Å². The second-order valence-electron chi connectivity index (χ2n) is 5.33. The summed E-state index contributed by atoms with van der Waals surface area (Å²) in [6, 6.07) is 3.11. The number of carbonyl (C=O) groups excluding carboxylic acids is 2. The SMILES string of the molecule is CN(CCC(=O)O)C(=O)C1CCN(c2ccc(F)c(F)c2)C1=O. The third-order valence-corrected chi connectivity index (χ3v) is 3.76. The molecule has 0 radical (unpaired) electrons. The van der Waals surface area contributed by atoms with Crippen molar-refractivity contribution in [2.75, 3.05) is 25.0 Å². The van der Waals surface area contributed by atoms with Gasteiger partial charge in [-0.3, -0.25) is 14.4 Å². The van der Waals surface area contributed by atoms with E-state index in [9.17, 15) is 23.2 Å². The van der Waals surface area contributed by atoms with Crippen LogP contribution in [0.3, 0.4) is 0 Å². The highest BCUT2D eigenvalue weighted by Crippen LogP contribution is 2.27. The lowest BCUT2D eigenvalue weighted by Gasteiger charge is -2.20. The van der Waals surface area contributed by atoms with E-state index in [-0.39, 0.29) is 31.6 Å². The van der Waals surface area contributed by atoms with Crippen molar-refractivity contribution >= 4 is 23.5 Å². The molecule has 1 fully saturated rings. The van der Waals surface area contributed by atoms with Crippen molar-refractivity contribution in [3.05, 3.63) is 29.8 Å². The number of hydrogen-bond donors (Lipinski definition) is 1. The predicted molar refractivity (Wildman–Crippen MR) is 76.7 cm³/mol. The van der Waals surface area contributed by atoms with E-state index in [0.29, 0.717) is 0 Å². The van der Waals surface area contributed by atoms with Gasteiger partial charge >= 0.3 is 5.97 Å². The number of benzene rings is 1. The summed E-state index contributed by atoms with van der Waals surface area (Å²) in [6.45, 7) is 0.218. The first kappa shape index (κ1) is 16.9. The van der Waals surface area contributed by atoms with Crippen molar-refractivity contribution in [1.82, 2.24) is 4.90 Å². The highest BCUT2D eigenvalue weighted by atomic mass is 19.2. The minimum absolute atomic E-state index is 0.00310. The second-order valence-corrected chi connectivity index (χ2v) is 5.33. The number of rotatable bonds is 5. The minimum Gasteiger partial charge on any atom is -0.481 e. The summed E-state index contributed by atoms with van der Waals surface area (Å²) in [5.74, 6) is -5.01. The molecular weight excluding hydrogens is 310 g/mol. The van der Waals surface area contributed by atoms with Gasteiger partial charge in [0, 0.05) is 31.9 Å². The fourth-order valence-electron chi connectivity index (χ4n) is 2.46. The maximum absolute atomic E-state index is 13.3. The van der Waals surface area contributed by atoms with Crippen LogP contribution in [-0.2, 0) is 14.4 Å². The standard InChI is InChI=1S/C15H16F2N2O4/c1-18(6-5-13(20)21)14(22)10-4-7-19(15(10)23)9-2-3-11(16)12(17)8-9/h2-3,8,10H,4-7H2,1H3,(H,20,21). The number of halogens is 2. The van der Waals surface area contributed by atoms with E-state index < -0.39 is 35.3 Å². The number of carbonyl (C=O) groups is 3. The Morgan fingerprint density at radius 2 is 2.04 bits per heavy atom. The summed E-state index contributed by atoms with van der Waals surface area (Å²) < 4.78 is 26.2. The Labute approximate surface area is 131 Å². The summed E-state index contributed by atoms with van der Waals surface area (Å²) in [4.78, 5) is 37.5. The molecule has 1 aromatic rings. The lowest BCUT2D eigenvalue weighted by molar-refractivity contribution is -0.140. The molecule has 6 nitrogen and oxygen atoms in total. The molecule has 1 aliphatic heterocycles. The smallest absolute Gasteiger partial charge is 0.305 e. The molecule has 1 saturated heterocycles. The molecule has 1 atom stereocenters. The lowest BCUT2D eigenvalue weighted by atomic mass is 10.1. The van der Waals surface area contributed by atoms with Crippen LogP contribution in [-0.4, -0.2) is 47.9 Å². The van der Waals surface area contributed by atoms with Crippen LogP contribution < -0.4 is 4.90 Å². The van der Waals surface area contributed by atoms with Crippen LogP contribution in [0.2, 0.25) is 0 Å². The number of nitrogens with zero attached hydrogens (tertiary/aromatic N) is 2. The van der Waals surface area contributed by atoms with Gasteiger partial charge in [0.1, 0.15) is 5.92 Å². The van der Waals surface area contributed by atoms with Crippen LogP contribution in [0.4, 0.5) is 14.5 Å².